The first kappa shape index (κ1) is 23.7. The first-order valence-corrected chi connectivity index (χ1v) is 12.1. The molecule has 6 rings (SSSR count). The van der Waals surface area contributed by atoms with Gasteiger partial charge in [0.1, 0.15) is 18.0 Å². The van der Waals surface area contributed by atoms with E-state index in [1.54, 1.807) is 12.3 Å². The third-order valence-electron chi connectivity index (χ3n) is 8.05. The summed E-state index contributed by atoms with van der Waals surface area (Å²) in [5.74, 6) is -0.561. The quantitative estimate of drug-likeness (QED) is 0.410. The highest BCUT2D eigenvalue weighted by molar-refractivity contribution is 5.64. The van der Waals surface area contributed by atoms with Crippen LogP contribution in [-0.2, 0) is 11.8 Å². The van der Waals surface area contributed by atoms with Gasteiger partial charge in [-0.25, -0.2) is 23.7 Å². The molecule has 2 aliphatic carbocycles. The van der Waals surface area contributed by atoms with Crippen LogP contribution in [0.2, 0.25) is 0 Å². The number of rotatable bonds is 6. The summed E-state index contributed by atoms with van der Waals surface area (Å²) >= 11 is 0. The summed E-state index contributed by atoms with van der Waals surface area (Å²) in [6, 6.07) is 7.40. The molecule has 3 atom stereocenters. The zero-order valence-electron chi connectivity index (χ0n) is 20.3. The van der Waals surface area contributed by atoms with Gasteiger partial charge in [-0.1, -0.05) is 19.9 Å². The number of nitrogens with zero attached hydrogens (tertiary/aromatic N) is 7. The van der Waals surface area contributed by atoms with Gasteiger partial charge in [-0.3, -0.25) is 0 Å². The van der Waals surface area contributed by atoms with Gasteiger partial charge in [0.25, 0.3) is 5.95 Å². The fourth-order valence-electron chi connectivity index (χ4n) is 6.22. The smallest absolute Gasteiger partial charge is 0.252 e. The summed E-state index contributed by atoms with van der Waals surface area (Å²) < 4.78 is 30.4. The molecule has 190 valence electrons. The maximum Gasteiger partial charge on any atom is 0.252 e. The lowest BCUT2D eigenvalue weighted by Gasteiger charge is -2.37. The predicted octanol–water partition coefficient (Wildman–Crippen LogP) is 2.89. The Bertz CT molecular complexity index is 1490. The third kappa shape index (κ3) is 3.41. The monoisotopic (exact) mass is 505 g/mol. The van der Waals surface area contributed by atoms with Gasteiger partial charge in [0.15, 0.2) is 5.82 Å². The minimum Gasteiger partial charge on any atom is -0.394 e. The second-order valence-corrected chi connectivity index (χ2v) is 10.2. The first-order valence-electron chi connectivity index (χ1n) is 12.1. The molecule has 0 saturated heterocycles. The Morgan fingerprint density at radius 2 is 1.92 bits per heavy atom. The summed E-state index contributed by atoms with van der Waals surface area (Å²) in [7, 11) is 0. The largest absolute Gasteiger partial charge is 0.394 e. The molecule has 2 aliphatic rings. The van der Waals surface area contributed by atoms with Crippen molar-refractivity contribution in [2.45, 2.75) is 50.5 Å². The number of aliphatic hydroxyl groups is 2. The van der Waals surface area contributed by atoms with Crippen LogP contribution in [0.1, 0.15) is 55.4 Å². The highest BCUT2D eigenvalue weighted by Crippen LogP contribution is 2.69. The fraction of sp³-hybridized carbons (Fsp3) is 0.385. The average molecular weight is 506 g/mol. The van der Waals surface area contributed by atoms with Crippen molar-refractivity contribution >= 4 is 0 Å². The maximum atomic E-state index is 14.5. The molecular weight excluding hydrogens is 480 g/mol. The van der Waals surface area contributed by atoms with E-state index in [0.29, 0.717) is 11.8 Å². The highest BCUT2D eigenvalue weighted by Gasteiger charge is 2.65. The van der Waals surface area contributed by atoms with Crippen LogP contribution in [0.25, 0.3) is 17.2 Å². The number of aliphatic hydroxyl groups excluding tert-OH is 2. The molecule has 0 aliphatic heterocycles. The molecule has 2 bridgehead atoms. The molecule has 2 N–H and O–H groups in total. The number of halogens is 2. The van der Waals surface area contributed by atoms with Crippen LogP contribution < -0.4 is 0 Å². The molecule has 11 heteroatoms. The van der Waals surface area contributed by atoms with Gasteiger partial charge in [0.2, 0.25) is 0 Å². The van der Waals surface area contributed by atoms with E-state index in [4.69, 9.17) is 10.1 Å². The van der Waals surface area contributed by atoms with Crippen LogP contribution in [0.15, 0.2) is 42.9 Å². The molecule has 3 aromatic heterocycles. The fourth-order valence-corrected chi connectivity index (χ4v) is 6.22. The topological polar surface area (TPSA) is 123 Å². The van der Waals surface area contributed by atoms with Crippen molar-refractivity contribution in [1.82, 2.24) is 34.9 Å². The normalized spacial score (nSPS) is 22.3. The molecule has 4 aromatic rings. The molecule has 1 saturated carbocycles. The van der Waals surface area contributed by atoms with Gasteiger partial charge in [-0.2, -0.15) is 9.78 Å². The zero-order chi connectivity index (χ0) is 25.9. The molecule has 0 unspecified atom stereocenters. The number of aromatic nitrogens is 7. The Morgan fingerprint density at radius 1 is 1.14 bits per heavy atom. The van der Waals surface area contributed by atoms with E-state index < -0.39 is 23.2 Å². The van der Waals surface area contributed by atoms with Gasteiger partial charge in [0.05, 0.1) is 40.8 Å². The second kappa shape index (κ2) is 8.42. The Kier molecular flexibility index (Phi) is 5.39. The highest BCUT2D eigenvalue weighted by atomic mass is 19.1. The summed E-state index contributed by atoms with van der Waals surface area (Å²) in [4.78, 5) is 13.4. The third-order valence-corrected chi connectivity index (χ3v) is 8.05. The number of benzene rings is 1. The number of hydrogen-bond acceptors (Lipinski definition) is 8. The van der Waals surface area contributed by atoms with Gasteiger partial charge in [-0.05, 0) is 54.0 Å². The van der Waals surface area contributed by atoms with E-state index >= 15 is 0 Å². The molecule has 9 nitrogen and oxygen atoms in total. The number of hydrogen-bond donors (Lipinski definition) is 2. The van der Waals surface area contributed by atoms with Gasteiger partial charge >= 0.3 is 0 Å². The van der Waals surface area contributed by atoms with Gasteiger partial charge < -0.3 is 10.2 Å². The Hall–Kier alpha value is -3.70. The molecule has 1 fully saturated rings. The van der Waals surface area contributed by atoms with Crippen LogP contribution in [0.3, 0.4) is 0 Å². The molecule has 0 amide bonds. The van der Waals surface area contributed by atoms with Crippen molar-refractivity contribution in [2.24, 2.45) is 5.41 Å². The van der Waals surface area contributed by atoms with E-state index in [9.17, 15) is 13.9 Å². The summed E-state index contributed by atoms with van der Waals surface area (Å²) in [6.45, 7) is 3.95. The van der Waals surface area contributed by atoms with Crippen LogP contribution in [-0.4, -0.2) is 57.9 Å². The average Bonchev–Trinajstić information content (AvgIpc) is 3.51. The second-order valence-electron chi connectivity index (χ2n) is 10.2. The van der Waals surface area contributed by atoms with Crippen molar-refractivity contribution in [3.05, 3.63) is 77.3 Å². The standard InChI is InChI=1S/C26H25F2N7O2/c1-25(2)16-6-8-26(25,23-15(16)11-19(32-33-23)22-17(27)4-3-5-18(22)28)20-7-9-29-24(31-20)35-13-30-21(34-35)10-14(37)12-36/h3-5,7,9,11,13-14,16,36-37H,6,8,10,12H2,1-2H3/t14-,16-,26+/m0/s1. The Labute approximate surface area is 211 Å². The van der Waals surface area contributed by atoms with E-state index in [0.717, 1.165) is 29.8 Å². The maximum absolute atomic E-state index is 14.5. The number of fused-ring (bicyclic) bond motifs is 5. The van der Waals surface area contributed by atoms with Crippen molar-refractivity contribution in [3.63, 3.8) is 0 Å². The summed E-state index contributed by atoms with van der Waals surface area (Å²) in [5.41, 5.74) is 1.60. The van der Waals surface area contributed by atoms with Crippen molar-refractivity contribution in [2.75, 3.05) is 6.61 Å². The van der Waals surface area contributed by atoms with E-state index in [2.05, 4.69) is 39.1 Å². The Morgan fingerprint density at radius 3 is 2.68 bits per heavy atom. The minimum atomic E-state index is -0.950. The van der Waals surface area contributed by atoms with Crippen molar-refractivity contribution < 1.29 is 19.0 Å². The van der Waals surface area contributed by atoms with Crippen molar-refractivity contribution in [3.8, 4) is 17.2 Å². The summed E-state index contributed by atoms with van der Waals surface area (Å²) in [5, 5.41) is 32.0. The van der Waals surface area contributed by atoms with E-state index in [1.807, 2.05) is 6.07 Å². The lowest BCUT2D eigenvalue weighted by molar-refractivity contribution is 0.0939. The van der Waals surface area contributed by atoms with Gasteiger partial charge in [-0.15, -0.1) is 10.2 Å². The van der Waals surface area contributed by atoms with Gasteiger partial charge in [0, 0.05) is 12.6 Å². The molecule has 37 heavy (non-hydrogen) atoms. The minimum absolute atomic E-state index is 0.107. The van der Waals surface area contributed by atoms with Crippen LogP contribution in [0, 0.1) is 17.0 Å². The SMILES string of the molecule is CC1(C)[C@H]2CC[C@@]1(c1ccnc(-n3cnc(C[C@H](O)CO)n3)n1)c1nnc(-c3c(F)cccc3F)cc12. The molecule has 1 aromatic carbocycles. The summed E-state index contributed by atoms with van der Waals surface area (Å²) in [6.07, 6.45) is 3.95. The van der Waals surface area contributed by atoms with Crippen LogP contribution in [0.5, 0.6) is 0 Å². The first-order chi connectivity index (χ1) is 17.8. The van der Waals surface area contributed by atoms with E-state index in [1.165, 1.54) is 29.2 Å². The van der Waals surface area contributed by atoms with E-state index in [-0.39, 0.29) is 35.6 Å². The lowest BCUT2D eigenvalue weighted by Crippen LogP contribution is -2.38. The Balaban J connectivity index is 1.43. The molecule has 0 spiro atoms. The molecule has 3 heterocycles. The predicted molar refractivity (Wildman–Crippen MR) is 128 cm³/mol. The molecular formula is C26H25F2N7O2. The molecule has 0 radical (unpaired) electrons. The van der Waals surface area contributed by atoms with Crippen LogP contribution in [0.4, 0.5) is 8.78 Å². The van der Waals surface area contributed by atoms with Crippen molar-refractivity contribution in [1.29, 1.82) is 0 Å². The zero-order valence-corrected chi connectivity index (χ0v) is 20.3. The lowest BCUT2D eigenvalue weighted by atomic mass is 9.66. The van der Waals surface area contributed by atoms with Crippen LogP contribution >= 0.6 is 0 Å².